The summed E-state index contributed by atoms with van der Waals surface area (Å²) >= 11 is 1.22. The molecular formula is C12H20N4OS. The van der Waals surface area contributed by atoms with Crippen LogP contribution in [0.2, 0.25) is 0 Å². The molecule has 1 unspecified atom stereocenters. The van der Waals surface area contributed by atoms with Gasteiger partial charge in [-0.05, 0) is 44.8 Å². The lowest BCUT2D eigenvalue weighted by molar-refractivity contribution is 0.0671. The number of rotatable bonds is 4. The zero-order valence-electron chi connectivity index (χ0n) is 10.9. The van der Waals surface area contributed by atoms with Crippen LogP contribution in [0.5, 0.6) is 0 Å². The molecule has 1 aliphatic heterocycles. The van der Waals surface area contributed by atoms with Crippen molar-refractivity contribution in [1.29, 1.82) is 0 Å². The number of nitrogens with zero attached hydrogens (tertiary/aromatic N) is 3. The molecule has 1 fully saturated rings. The van der Waals surface area contributed by atoms with Gasteiger partial charge in [0.2, 0.25) is 0 Å². The van der Waals surface area contributed by atoms with Crippen molar-refractivity contribution in [2.45, 2.75) is 45.2 Å². The van der Waals surface area contributed by atoms with E-state index in [1.807, 2.05) is 18.7 Å². The molecule has 1 N–H and O–H groups in total. The molecule has 0 radical (unpaired) electrons. The van der Waals surface area contributed by atoms with Gasteiger partial charge in [0.1, 0.15) is 0 Å². The molecule has 5 nitrogen and oxygen atoms in total. The Morgan fingerprint density at radius 2 is 2.44 bits per heavy atom. The number of hydrogen-bond donors (Lipinski definition) is 1. The van der Waals surface area contributed by atoms with Crippen molar-refractivity contribution in [3.8, 4) is 0 Å². The third kappa shape index (κ3) is 3.26. The van der Waals surface area contributed by atoms with Gasteiger partial charge >= 0.3 is 0 Å². The van der Waals surface area contributed by atoms with Gasteiger partial charge in [-0.2, -0.15) is 0 Å². The minimum Gasteiger partial charge on any atom is -0.333 e. The van der Waals surface area contributed by atoms with Crippen LogP contribution in [0.4, 0.5) is 0 Å². The van der Waals surface area contributed by atoms with E-state index in [2.05, 4.69) is 14.9 Å². The molecule has 6 heteroatoms. The van der Waals surface area contributed by atoms with E-state index in [-0.39, 0.29) is 11.9 Å². The lowest BCUT2D eigenvalue weighted by atomic mass is 10.0. The second-order valence-corrected chi connectivity index (χ2v) is 5.60. The Kier molecular flexibility index (Phi) is 4.66. The van der Waals surface area contributed by atoms with Gasteiger partial charge in [-0.3, -0.25) is 4.79 Å². The molecule has 1 aromatic rings. The lowest BCUT2D eigenvalue weighted by Gasteiger charge is -2.32. The van der Waals surface area contributed by atoms with Crippen molar-refractivity contribution in [2.75, 3.05) is 13.1 Å². The van der Waals surface area contributed by atoms with E-state index in [1.54, 1.807) is 5.38 Å². The minimum absolute atomic E-state index is 0.00822. The molecular weight excluding hydrogens is 248 g/mol. The number of piperidine rings is 1. The first-order chi connectivity index (χ1) is 8.68. The standard InChI is InChI=1S/C12H20N4OS/c1-9(2)16(7-10-5-3-4-6-13-10)12(17)11-8-18-15-14-11/h8-10,13H,3-7H2,1-2H3. The summed E-state index contributed by atoms with van der Waals surface area (Å²) in [5, 5.41) is 9.06. The topological polar surface area (TPSA) is 58.1 Å². The molecule has 1 aliphatic rings. The quantitative estimate of drug-likeness (QED) is 0.899. The van der Waals surface area contributed by atoms with Crippen LogP contribution in [-0.4, -0.2) is 45.6 Å². The number of carbonyl (C=O) groups is 1. The van der Waals surface area contributed by atoms with Crippen LogP contribution in [0.15, 0.2) is 5.38 Å². The molecule has 2 rings (SSSR count). The van der Waals surface area contributed by atoms with Crippen molar-refractivity contribution >= 4 is 17.4 Å². The van der Waals surface area contributed by atoms with E-state index in [0.717, 1.165) is 19.5 Å². The highest BCUT2D eigenvalue weighted by atomic mass is 32.1. The van der Waals surface area contributed by atoms with Gasteiger partial charge < -0.3 is 10.2 Å². The summed E-state index contributed by atoms with van der Waals surface area (Å²) in [6.45, 7) is 5.90. The highest BCUT2D eigenvalue weighted by Gasteiger charge is 2.24. The summed E-state index contributed by atoms with van der Waals surface area (Å²) in [6.07, 6.45) is 3.63. The van der Waals surface area contributed by atoms with Gasteiger partial charge in [-0.1, -0.05) is 10.9 Å². The average Bonchev–Trinajstić information content (AvgIpc) is 2.90. The monoisotopic (exact) mass is 268 g/mol. The first-order valence-electron chi connectivity index (χ1n) is 6.50. The molecule has 0 spiro atoms. The SMILES string of the molecule is CC(C)N(CC1CCCCN1)C(=O)c1csnn1. The molecule has 0 aromatic carbocycles. The molecule has 0 saturated carbocycles. The third-order valence-corrected chi connectivity index (χ3v) is 3.80. The molecule has 1 aromatic heterocycles. The van der Waals surface area contributed by atoms with E-state index in [9.17, 15) is 4.79 Å². The molecule has 1 amide bonds. The van der Waals surface area contributed by atoms with E-state index >= 15 is 0 Å². The van der Waals surface area contributed by atoms with Gasteiger partial charge in [0.05, 0.1) is 0 Å². The lowest BCUT2D eigenvalue weighted by Crippen LogP contribution is -2.48. The molecule has 100 valence electrons. The van der Waals surface area contributed by atoms with Gasteiger partial charge in [-0.15, -0.1) is 5.10 Å². The van der Waals surface area contributed by atoms with Gasteiger partial charge in [0, 0.05) is 24.0 Å². The second kappa shape index (κ2) is 6.24. The molecule has 1 saturated heterocycles. The zero-order valence-corrected chi connectivity index (χ0v) is 11.7. The summed E-state index contributed by atoms with van der Waals surface area (Å²) < 4.78 is 3.76. The predicted molar refractivity (Wildman–Crippen MR) is 71.7 cm³/mol. The minimum atomic E-state index is -0.00822. The van der Waals surface area contributed by atoms with Crippen LogP contribution in [0.25, 0.3) is 0 Å². The van der Waals surface area contributed by atoms with Gasteiger partial charge in [-0.25, -0.2) is 0 Å². The zero-order chi connectivity index (χ0) is 13.0. The van der Waals surface area contributed by atoms with Crippen LogP contribution < -0.4 is 5.32 Å². The molecule has 2 heterocycles. The first-order valence-corrected chi connectivity index (χ1v) is 7.33. The third-order valence-electron chi connectivity index (χ3n) is 3.29. The summed E-state index contributed by atoms with van der Waals surface area (Å²) in [5.41, 5.74) is 0.463. The fourth-order valence-electron chi connectivity index (χ4n) is 2.25. The van der Waals surface area contributed by atoms with Crippen molar-refractivity contribution in [3.05, 3.63) is 11.1 Å². The van der Waals surface area contributed by atoms with Crippen LogP contribution in [-0.2, 0) is 0 Å². The molecule has 0 bridgehead atoms. The largest absolute Gasteiger partial charge is 0.333 e. The summed E-state index contributed by atoms with van der Waals surface area (Å²) in [4.78, 5) is 14.2. The van der Waals surface area contributed by atoms with Gasteiger partial charge in [0.25, 0.3) is 5.91 Å². The Labute approximate surface area is 112 Å². The fourth-order valence-corrected chi connectivity index (χ4v) is 2.68. The maximum atomic E-state index is 12.3. The fraction of sp³-hybridized carbons (Fsp3) is 0.750. The van der Waals surface area contributed by atoms with Gasteiger partial charge in [0.15, 0.2) is 5.69 Å². The average molecular weight is 268 g/mol. The molecule has 0 aliphatic carbocycles. The van der Waals surface area contributed by atoms with Crippen molar-refractivity contribution in [2.24, 2.45) is 0 Å². The molecule has 18 heavy (non-hydrogen) atoms. The highest BCUT2D eigenvalue weighted by Crippen LogP contribution is 2.13. The van der Waals surface area contributed by atoms with E-state index in [4.69, 9.17) is 0 Å². The maximum absolute atomic E-state index is 12.3. The Morgan fingerprint density at radius 3 is 3.00 bits per heavy atom. The number of amides is 1. The highest BCUT2D eigenvalue weighted by molar-refractivity contribution is 7.03. The summed E-state index contributed by atoms with van der Waals surface area (Å²) in [7, 11) is 0. The molecule has 1 atom stereocenters. The number of aromatic nitrogens is 2. The van der Waals surface area contributed by atoms with Crippen molar-refractivity contribution < 1.29 is 4.79 Å². The smallest absolute Gasteiger partial charge is 0.275 e. The van der Waals surface area contributed by atoms with Crippen LogP contribution >= 0.6 is 11.5 Å². The number of carbonyl (C=O) groups excluding carboxylic acids is 1. The van der Waals surface area contributed by atoms with Crippen LogP contribution in [0.3, 0.4) is 0 Å². The van der Waals surface area contributed by atoms with Crippen molar-refractivity contribution in [3.63, 3.8) is 0 Å². The van der Waals surface area contributed by atoms with E-state index in [1.165, 1.54) is 24.4 Å². The first kappa shape index (κ1) is 13.4. The Bertz CT molecular complexity index is 373. The van der Waals surface area contributed by atoms with Crippen molar-refractivity contribution in [1.82, 2.24) is 19.8 Å². The van der Waals surface area contributed by atoms with Crippen LogP contribution in [0.1, 0.15) is 43.6 Å². The second-order valence-electron chi connectivity index (χ2n) is 4.99. The normalized spacial score (nSPS) is 20.1. The van der Waals surface area contributed by atoms with Crippen LogP contribution in [0, 0.1) is 0 Å². The summed E-state index contributed by atoms with van der Waals surface area (Å²) in [6, 6.07) is 0.597. The number of nitrogens with one attached hydrogen (secondary N) is 1. The predicted octanol–water partition coefficient (Wildman–Crippen LogP) is 1.53. The Morgan fingerprint density at radius 1 is 1.61 bits per heavy atom. The number of hydrogen-bond acceptors (Lipinski definition) is 5. The Balaban J connectivity index is 2.01. The van der Waals surface area contributed by atoms with E-state index in [0.29, 0.717) is 11.7 Å². The maximum Gasteiger partial charge on any atom is 0.275 e. The van der Waals surface area contributed by atoms with E-state index < -0.39 is 0 Å². The Hall–Kier alpha value is -1.01. The summed E-state index contributed by atoms with van der Waals surface area (Å²) in [5.74, 6) is -0.00822.